The molecule has 0 saturated heterocycles. The van der Waals surface area contributed by atoms with Gasteiger partial charge in [0.1, 0.15) is 23.5 Å². The van der Waals surface area contributed by atoms with Crippen LogP contribution >= 0.6 is 0 Å². The Hall–Kier alpha value is -4.26. The quantitative estimate of drug-likeness (QED) is 0.132. The van der Waals surface area contributed by atoms with E-state index in [4.69, 9.17) is 13.6 Å². The zero-order valence-electron chi connectivity index (χ0n) is 30.6. The van der Waals surface area contributed by atoms with Crippen LogP contribution in [0.25, 0.3) is 33.1 Å². The van der Waals surface area contributed by atoms with E-state index >= 15 is 0 Å². The number of nitrogens with zero attached hydrogens (tertiary/aromatic N) is 4. The first-order valence-corrected chi connectivity index (χ1v) is 17.8. The Kier molecular flexibility index (Phi) is 11.2. The molecule has 7 heteroatoms. The van der Waals surface area contributed by atoms with Crippen molar-refractivity contribution in [3.05, 3.63) is 89.4 Å². The molecule has 256 valence electrons. The van der Waals surface area contributed by atoms with Crippen LogP contribution in [0.1, 0.15) is 133 Å². The van der Waals surface area contributed by atoms with Crippen LogP contribution in [-0.2, 0) is 20.7 Å². The summed E-state index contributed by atoms with van der Waals surface area (Å²) in [5, 5.41) is 11.1. The lowest BCUT2D eigenvalue weighted by Gasteiger charge is -2.20. The molecule has 0 N–H and O–H groups in total. The minimum absolute atomic E-state index is 0.431. The predicted octanol–water partition coefficient (Wildman–Crippen LogP) is 11.6. The monoisotopic (exact) mass is 650 g/mol. The molecule has 6 rings (SSSR count). The van der Waals surface area contributed by atoms with E-state index in [1.165, 1.54) is 38.8 Å². The fourth-order valence-electron chi connectivity index (χ4n) is 6.44. The molecule has 4 unspecified atom stereocenters. The maximum Gasteiger partial charge on any atom is 0.141 e. The first-order chi connectivity index (χ1) is 23.1. The summed E-state index contributed by atoms with van der Waals surface area (Å²) in [6.45, 7) is 18.5. The van der Waals surface area contributed by atoms with Crippen LogP contribution in [0.4, 0.5) is 0 Å². The molecule has 0 saturated carbocycles. The lowest BCUT2D eigenvalue weighted by molar-refractivity contribution is 0.298. The third kappa shape index (κ3) is 7.11. The van der Waals surface area contributed by atoms with Crippen LogP contribution in [0.15, 0.2) is 70.3 Å². The molecule has 0 amide bonds. The topological polar surface area (TPSA) is 71.2 Å². The van der Waals surface area contributed by atoms with Crippen LogP contribution in [0.3, 0.4) is 0 Å². The van der Waals surface area contributed by atoms with Crippen molar-refractivity contribution >= 4 is 21.9 Å². The maximum absolute atomic E-state index is 6.26. The third-order valence-electron chi connectivity index (χ3n) is 10.2. The average molecular weight is 651 g/mol. The van der Waals surface area contributed by atoms with Gasteiger partial charge in [0.25, 0.3) is 0 Å². The summed E-state index contributed by atoms with van der Waals surface area (Å²) in [4.78, 5) is 0. The number of ether oxygens (including phenoxy) is 1. The smallest absolute Gasteiger partial charge is 0.141 e. The molecule has 4 atom stereocenters. The van der Waals surface area contributed by atoms with Crippen molar-refractivity contribution in [3.63, 3.8) is 0 Å². The Labute approximate surface area is 286 Å². The summed E-state index contributed by atoms with van der Waals surface area (Å²) >= 11 is 0. The van der Waals surface area contributed by atoms with Crippen LogP contribution in [-0.4, -0.2) is 19.6 Å². The molecule has 0 aliphatic heterocycles. The predicted molar refractivity (Wildman–Crippen MR) is 197 cm³/mol. The number of aryl methyl sites for hydroxylation is 2. The van der Waals surface area contributed by atoms with E-state index in [1.54, 1.807) is 10.9 Å². The van der Waals surface area contributed by atoms with E-state index in [1.807, 2.05) is 49.6 Å². The van der Waals surface area contributed by atoms with Gasteiger partial charge in [-0.1, -0.05) is 61.5 Å². The van der Waals surface area contributed by atoms with Crippen LogP contribution in [0, 0.1) is 0 Å². The molecule has 0 aliphatic carbocycles. The lowest BCUT2D eigenvalue weighted by atomic mass is 9.84. The summed E-state index contributed by atoms with van der Waals surface area (Å²) in [5.41, 5.74) is 10.7. The van der Waals surface area contributed by atoms with Gasteiger partial charge in [0.05, 0.1) is 29.8 Å². The van der Waals surface area contributed by atoms with Gasteiger partial charge in [-0.15, -0.1) is 0 Å². The molecule has 2 aromatic carbocycles. The van der Waals surface area contributed by atoms with E-state index in [2.05, 4.69) is 90.0 Å². The molecule has 4 heterocycles. The van der Waals surface area contributed by atoms with Gasteiger partial charge in [-0.2, -0.15) is 10.2 Å². The molecule has 0 radical (unpaired) electrons. The number of hydrogen-bond donors (Lipinski definition) is 0. The minimum atomic E-state index is 0.431. The number of fused-ring (bicyclic) bond motifs is 2. The first-order valence-electron chi connectivity index (χ1n) is 17.8. The van der Waals surface area contributed by atoms with E-state index in [0.717, 1.165) is 53.7 Å². The van der Waals surface area contributed by atoms with Crippen LogP contribution in [0.2, 0.25) is 0 Å². The highest BCUT2D eigenvalue weighted by atomic mass is 16.5. The molecular weight excluding hydrogens is 596 g/mol. The summed E-state index contributed by atoms with van der Waals surface area (Å²) in [7, 11) is 3.88. The summed E-state index contributed by atoms with van der Waals surface area (Å²) in [6.07, 6.45) is 14.0. The highest BCUT2D eigenvalue weighted by Crippen LogP contribution is 2.43. The zero-order chi connectivity index (χ0) is 34.5. The highest BCUT2D eigenvalue weighted by molar-refractivity contribution is 5.98. The van der Waals surface area contributed by atoms with Gasteiger partial charge in [-0.3, -0.25) is 9.36 Å². The number of furan rings is 2. The van der Waals surface area contributed by atoms with Crippen molar-refractivity contribution < 1.29 is 13.6 Å². The largest absolute Gasteiger partial charge is 0.486 e. The second-order valence-electron chi connectivity index (χ2n) is 13.6. The van der Waals surface area contributed by atoms with Gasteiger partial charge < -0.3 is 13.6 Å². The van der Waals surface area contributed by atoms with E-state index in [0.29, 0.717) is 30.3 Å². The number of benzene rings is 2. The highest BCUT2D eigenvalue weighted by Gasteiger charge is 2.23. The van der Waals surface area contributed by atoms with Crippen molar-refractivity contribution in [1.29, 1.82) is 0 Å². The van der Waals surface area contributed by atoms with Crippen molar-refractivity contribution in [2.75, 3.05) is 0 Å². The molecule has 0 fully saturated rings. The van der Waals surface area contributed by atoms with E-state index < -0.39 is 0 Å². The Balaban J connectivity index is 0.000000188. The SMILES string of the molecule is CCC(C)c1cc(C(C)CC)c2occc2c1-c1cnn(C)c1.CCC(C)c1cc(C(C)CC)c2occc2c1OCc1ccn(C)n1. The minimum Gasteiger partial charge on any atom is -0.486 e. The Morgan fingerprint density at radius 2 is 1.23 bits per heavy atom. The molecule has 48 heavy (non-hydrogen) atoms. The average Bonchev–Trinajstić information content (AvgIpc) is 3.93. The Morgan fingerprint density at radius 1 is 0.688 bits per heavy atom. The second-order valence-corrected chi connectivity index (χ2v) is 13.6. The van der Waals surface area contributed by atoms with Gasteiger partial charge >= 0.3 is 0 Å². The number of aromatic nitrogens is 4. The second kappa shape index (κ2) is 15.3. The van der Waals surface area contributed by atoms with Crippen molar-refractivity contribution in [2.45, 2.75) is 111 Å². The molecule has 4 aromatic heterocycles. The van der Waals surface area contributed by atoms with E-state index in [-0.39, 0.29) is 0 Å². The standard InChI is InChI=1S/C21H28N2O2.C20H26N2O/c1-6-14(3)18-12-19(15(4)7-2)21(17-9-11-24-20(17)18)25-13-16-8-10-23(5)22-16;1-6-13(3)17-10-18(14(4)7-2)20-16(8-9-23-20)19(17)15-11-21-22(5)12-15/h8-12,14-15H,6-7,13H2,1-5H3;8-14H,6-7H2,1-5H3. The summed E-state index contributed by atoms with van der Waals surface area (Å²) in [6, 6.07) is 10.8. The van der Waals surface area contributed by atoms with Gasteiger partial charge in [-0.05, 0) is 101 Å². The fourth-order valence-corrected chi connectivity index (χ4v) is 6.44. The molecule has 6 aromatic rings. The third-order valence-corrected chi connectivity index (χ3v) is 10.2. The van der Waals surface area contributed by atoms with Crippen molar-refractivity contribution in [1.82, 2.24) is 19.6 Å². The van der Waals surface area contributed by atoms with Gasteiger partial charge in [0.15, 0.2) is 0 Å². The van der Waals surface area contributed by atoms with Crippen molar-refractivity contribution in [2.24, 2.45) is 14.1 Å². The molecular formula is C41H54N4O3. The van der Waals surface area contributed by atoms with Gasteiger partial charge in [-0.25, -0.2) is 0 Å². The zero-order valence-corrected chi connectivity index (χ0v) is 30.6. The number of rotatable bonds is 12. The summed E-state index contributed by atoms with van der Waals surface area (Å²) in [5.74, 6) is 2.83. The Morgan fingerprint density at radius 3 is 1.77 bits per heavy atom. The number of hydrogen-bond acceptors (Lipinski definition) is 5. The van der Waals surface area contributed by atoms with Gasteiger partial charge in [0.2, 0.25) is 0 Å². The van der Waals surface area contributed by atoms with Crippen molar-refractivity contribution in [3.8, 4) is 16.9 Å². The maximum atomic E-state index is 6.26. The normalized spacial score (nSPS) is 14.1. The molecule has 0 spiro atoms. The summed E-state index contributed by atoms with van der Waals surface area (Å²) < 4.78 is 21.6. The Bertz CT molecular complexity index is 1940. The molecule has 0 bridgehead atoms. The fraction of sp³-hybridized carbons (Fsp3) is 0.463. The van der Waals surface area contributed by atoms with E-state index in [9.17, 15) is 0 Å². The van der Waals surface area contributed by atoms with Crippen LogP contribution in [0.5, 0.6) is 5.75 Å². The molecule has 7 nitrogen and oxygen atoms in total. The van der Waals surface area contributed by atoms with Crippen LogP contribution < -0.4 is 4.74 Å². The lowest BCUT2D eigenvalue weighted by Crippen LogP contribution is -2.05. The molecule has 0 aliphatic rings. The first kappa shape index (κ1) is 35.1. The van der Waals surface area contributed by atoms with Gasteiger partial charge in [0, 0.05) is 37.4 Å².